The lowest BCUT2D eigenvalue weighted by Gasteiger charge is -2.22. The van der Waals surface area contributed by atoms with Crippen molar-refractivity contribution in [2.24, 2.45) is 0 Å². The number of allylic oxidation sites excluding steroid dienone is 4. The molecule has 3 N–H and O–H groups in total. The molecule has 0 aliphatic carbocycles. The molecule has 0 aromatic carbocycles. The van der Waals surface area contributed by atoms with Gasteiger partial charge in [-0.2, -0.15) is 0 Å². The van der Waals surface area contributed by atoms with Crippen LogP contribution in [0.15, 0.2) is 24.3 Å². The Labute approximate surface area is 513 Å². The van der Waals surface area contributed by atoms with Crippen LogP contribution in [0.4, 0.5) is 0 Å². The summed E-state index contributed by atoms with van der Waals surface area (Å²) in [7, 11) is 0. The first-order chi connectivity index (χ1) is 40.5. The molecule has 0 radical (unpaired) electrons. The number of esters is 1. The van der Waals surface area contributed by atoms with Gasteiger partial charge < -0.3 is 20.3 Å². The summed E-state index contributed by atoms with van der Waals surface area (Å²) < 4.78 is 5.50. The number of rotatable bonds is 71. The van der Waals surface area contributed by atoms with Crippen LogP contribution in [0.25, 0.3) is 0 Å². The SMILES string of the molecule is CCCCC/C=C\C/C=C\CCCCCCCCCC(=O)OCCCCCCCCCCCCCCCCCCCCCCCCCCCCCC(=O)NC(CO)C(O)CCCCCCCCCCCCCCCCCCCCCCC. The second-order valence-corrected chi connectivity index (χ2v) is 26.0. The number of amides is 1. The monoisotopic (exact) mass is 1150 g/mol. The second-order valence-electron chi connectivity index (χ2n) is 26.0. The van der Waals surface area contributed by atoms with E-state index in [1.165, 1.54) is 340 Å². The quantitative estimate of drug-likeness (QED) is 0.0320. The Bertz CT molecular complexity index is 1280. The summed E-state index contributed by atoms with van der Waals surface area (Å²) >= 11 is 0. The fraction of sp³-hybridized carbons (Fsp3) is 0.921. The van der Waals surface area contributed by atoms with E-state index in [1.807, 2.05) is 0 Å². The normalized spacial score (nSPS) is 12.6. The molecule has 0 bridgehead atoms. The molecule has 0 rings (SSSR count). The minimum absolute atomic E-state index is 0.0113. The van der Waals surface area contributed by atoms with E-state index in [0.29, 0.717) is 25.9 Å². The molecule has 0 saturated heterocycles. The van der Waals surface area contributed by atoms with Crippen LogP contribution >= 0.6 is 0 Å². The molecule has 82 heavy (non-hydrogen) atoms. The van der Waals surface area contributed by atoms with E-state index in [1.54, 1.807) is 0 Å². The largest absolute Gasteiger partial charge is 0.466 e. The average Bonchev–Trinajstić information content (AvgIpc) is 3.48. The highest BCUT2D eigenvalue weighted by Gasteiger charge is 2.20. The summed E-state index contributed by atoms with van der Waals surface area (Å²) in [5.41, 5.74) is 0. The zero-order valence-corrected chi connectivity index (χ0v) is 55.8. The van der Waals surface area contributed by atoms with Crippen LogP contribution in [0.5, 0.6) is 0 Å². The van der Waals surface area contributed by atoms with E-state index >= 15 is 0 Å². The molecule has 486 valence electrons. The molecule has 0 spiro atoms. The van der Waals surface area contributed by atoms with Gasteiger partial charge >= 0.3 is 5.97 Å². The first-order valence-electron chi connectivity index (χ1n) is 37.6. The minimum atomic E-state index is -0.663. The third-order valence-electron chi connectivity index (χ3n) is 17.8. The topological polar surface area (TPSA) is 95.9 Å². The number of aliphatic hydroxyl groups is 2. The number of carbonyl (C=O) groups is 2. The molecule has 0 aromatic rings. The highest BCUT2D eigenvalue weighted by atomic mass is 16.5. The van der Waals surface area contributed by atoms with Gasteiger partial charge in [-0.25, -0.2) is 0 Å². The molecule has 2 atom stereocenters. The van der Waals surface area contributed by atoms with Gasteiger partial charge in [-0.15, -0.1) is 0 Å². The van der Waals surface area contributed by atoms with Crippen molar-refractivity contribution in [2.75, 3.05) is 13.2 Å². The predicted molar refractivity (Wildman–Crippen MR) is 361 cm³/mol. The number of carbonyl (C=O) groups excluding carboxylic acids is 2. The second kappa shape index (κ2) is 71.8. The standard InChI is InChI=1S/C76H147NO5/c1-3-5-7-9-11-13-15-17-19-21-22-30-33-37-40-44-48-52-56-60-64-68-74(79)73(72-78)77-75(80)69-65-61-57-53-49-45-41-38-34-31-28-26-24-23-25-27-29-32-35-39-43-47-51-55-59-63-67-71-82-76(81)70-66-62-58-54-50-46-42-36-20-18-16-14-12-10-8-6-4-2/h12,14,18,20,73-74,78-79H,3-11,13,15-17,19,21-72H2,1-2H3,(H,77,80)/b14-12-,20-18-. The molecule has 2 unspecified atom stereocenters. The van der Waals surface area contributed by atoms with Crippen LogP contribution in [0.1, 0.15) is 425 Å². The first-order valence-corrected chi connectivity index (χ1v) is 37.6. The fourth-order valence-corrected chi connectivity index (χ4v) is 12.0. The summed E-state index contributed by atoms with van der Waals surface area (Å²) in [5, 5.41) is 23.4. The Kier molecular flexibility index (Phi) is 70.4. The van der Waals surface area contributed by atoms with Gasteiger partial charge in [0, 0.05) is 12.8 Å². The lowest BCUT2D eigenvalue weighted by Crippen LogP contribution is -2.45. The van der Waals surface area contributed by atoms with Gasteiger partial charge in [0.15, 0.2) is 0 Å². The van der Waals surface area contributed by atoms with E-state index in [0.717, 1.165) is 51.4 Å². The number of ether oxygens (including phenoxy) is 1. The van der Waals surface area contributed by atoms with Crippen molar-refractivity contribution in [3.05, 3.63) is 24.3 Å². The van der Waals surface area contributed by atoms with E-state index in [4.69, 9.17) is 4.74 Å². The highest BCUT2D eigenvalue weighted by molar-refractivity contribution is 5.76. The van der Waals surface area contributed by atoms with Gasteiger partial charge in [-0.1, -0.05) is 378 Å². The maximum Gasteiger partial charge on any atom is 0.305 e. The van der Waals surface area contributed by atoms with Crippen LogP contribution in [0, 0.1) is 0 Å². The van der Waals surface area contributed by atoms with E-state index in [9.17, 15) is 19.8 Å². The Hall–Kier alpha value is -1.66. The van der Waals surface area contributed by atoms with E-state index < -0.39 is 12.1 Å². The van der Waals surface area contributed by atoms with Gasteiger partial charge in [0.2, 0.25) is 5.91 Å². The summed E-state index contributed by atoms with van der Waals surface area (Å²) in [5.74, 6) is -0.0160. The molecule has 6 nitrogen and oxygen atoms in total. The van der Waals surface area contributed by atoms with Crippen molar-refractivity contribution in [1.82, 2.24) is 5.32 Å². The minimum Gasteiger partial charge on any atom is -0.466 e. The molecule has 0 heterocycles. The molecule has 0 aliphatic rings. The maximum absolute atomic E-state index is 12.6. The molecule has 6 heteroatoms. The lowest BCUT2D eigenvalue weighted by molar-refractivity contribution is -0.143. The number of nitrogens with one attached hydrogen (secondary N) is 1. The molecular weight excluding hydrogens is 1010 g/mol. The predicted octanol–water partition coefficient (Wildman–Crippen LogP) is 24.5. The van der Waals surface area contributed by atoms with Gasteiger partial charge in [-0.3, -0.25) is 9.59 Å². The van der Waals surface area contributed by atoms with Crippen molar-refractivity contribution in [3.63, 3.8) is 0 Å². The van der Waals surface area contributed by atoms with Crippen molar-refractivity contribution < 1.29 is 24.5 Å². The zero-order valence-electron chi connectivity index (χ0n) is 55.8. The summed E-state index contributed by atoms with van der Waals surface area (Å²) in [6, 6.07) is -0.540. The van der Waals surface area contributed by atoms with Crippen LogP contribution in [-0.4, -0.2) is 47.4 Å². The highest BCUT2D eigenvalue weighted by Crippen LogP contribution is 2.20. The van der Waals surface area contributed by atoms with E-state index in [-0.39, 0.29) is 18.5 Å². The lowest BCUT2D eigenvalue weighted by atomic mass is 10.0. The van der Waals surface area contributed by atoms with Crippen LogP contribution in [0.3, 0.4) is 0 Å². The van der Waals surface area contributed by atoms with Crippen LogP contribution < -0.4 is 5.32 Å². The third kappa shape index (κ3) is 67.5. The number of aliphatic hydroxyl groups excluding tert-OH is 2. The van der Waals surface area contributed by atoms with E-state index in [2.05, 4.69) is 43.5 Å². The van der Waals surface area contributed by atoms with Crippen molar-refractivity contribution in [2.45, 2.75) is 437 Å². The smallest absolute Gasteiger partial charge is 0.305 e. The fourth-order valence-electron chi connectivity index (χ4n) is 12.0. The Morgan fingerprint density at radius 3 is 0.951 bits per heavy atom. The van der Waals surface area contributed by atoms with Gasteiger partial charge in [0.05, 0.1) is 25.4 Å². The maximum atomic E-state index is 12.6. The Morgan fingerprint density at radius 1 is 0.341 bits per heavy atom. The van der Waals surface area contributed by atoms with Crippen molar-refractivity contribution in [3.8, 4) is 0 Å². The Morgan fingerprint density at radius 2 is 0.610 bits per heavy atom. The van der Waals surface area contributed by atoms with Crippen molar-refractivity contribution >= 4 is 11.9 Å². The van der Waals surface area contributed by atoms with Crippen molar-refractivity contribution in [1.29, 1.82) is 0 Å². The molecule has 1 amide bonds. The van der Waals surface area contributed by atoms with Gasteiger partial charge in [0.25, 0.3) is 0 Å². The molecule has 0 fully saturated rings. The average molecular weight is 1160 g/mol. The molecule has 0 saturated carbocycles. The summed E-state index contributed by atoms with van der Waals surface area (Å²) in [6.07, 6.45) is 91.0. The number of hydrogen-bond acceptors (Lipinski definition) is 5. The molecule has 0 aliphatic heterocycles. The molecule has 0 aromatic heterocycles. The van der Waals surface area contributed by atoms with Crippen LogP contribution in [-0.2, 0) is 14.3 Å². The molecular formula is C76H147NO5. The van der Waals surface area contributed by atoms with Gasteiger partial charge in [0.1, 0.15) is 0 Å². The zero-order chi connectivity index (χ0) is 59.2. The summed E-state index contributed by atoms with van der Waals surface area (Å²) in [6.45, 7) is 4.97. The third-order valence-corrected chi connectivity index (χ3v) is 17.8. The van der Waals surface area contributed by atoms with Gasteiger partial charge in [-0.05, 0) is 57.8 Å². The van der Waals surface area contributed by atoms with Crippen LogP contribution in [0.2, 0.25) is 0 Å². The number of hydrogen-bond donors (Lipinski definition) is 3. The summed E-state index contributed by atoms with van der Waals surface area (Å²) in [4.78, 5) is 24.7. The first kappa shape index (κ1) is 80.3. The number of unbranched alkanes of at least 4 members (excludes halogenated alkanes) is 56. The Balaban J connectivity index is 3.35.